The molecule has 92 valence electrons. The molecule has 0 aliphatic rings. The zero-order valence-electron chi connectivity index (χ0n) is 10.5. The van der Waals surface area contributed by atoms with E-state index in [0.717, 1.165) is 25.9 Å². The number of nitrogens with one attached hydrogen (secondary N) is 1. The fourth-order valence-corrected chi connectivity index (χ4v) is 1.38. The number of nitrogens with two attached hydrogens (primary N) is 1. The van der Waals surface area contributed by atoms with Crippen LogP contribution in [0, 0.1) is 0 Å². The molecule has 4 heteroatoms. The Hall–Kier alpha value is -0.160. The second kappa shape index (κ2) is 8.05. The van der Waals surface area contributed by atoms with Crippen molar-refractivity contribution in [1.29, 1.82) is 0 Å². The van der Waals surface area contributed by atoms with E-state index in [1.807, 2.05) is 0 Å². The molecule has 0 bridgehead atoms. The third-order valence-electron chi connectivity index (χ3n) is 2.94. The van der Waals surface area contributed by atoms with Gasteiger partial charge in [0.15, 0.2) is 0 Å². The van der Waals surface area contributed by atoms with Crippen molar-refractivity contribution in [3.8, 4) is 0 Å². The van der Waals surface area contributed by atoms with E-state index in [9.17, 15) is 0 Å². The van der Waals surface area contributed by atoms with E-state index in [4.69, 9.17) is 15.2 Å². The van der Waals surface area contributed by atoms with E-state index in [1.54, 1.807) is 14.2 Å². The van der Waals surface area contributed by atoms with Crippen LogP contribution in [-0.4, -0.2) is 45.6 Å². The topological polar surface area (TPSA) is 56.5 Å². The average molecular weight is 218 g/mol. The molecule has 15 heavy (non-hydrogen) atoms. The first kappa shape index (κ1) is 14.8. The maximum Gasteiger partial charge on any atom is 0.0928 e. The largest absolute Gasteiger partial charge is 0.382 e. The quantitative estimate of drug-likeness (QED) is 0.600. The molecular weight excluding hydrogens is 192 g/mol. The molecule has 0 saturated carbocycles. The van der Waals surface area contributed by atoms with Gasteiger partial charge in [-0.3, -0.25) is 0 Å². The molecule has 0 rings (SSSR count). The van der Waals surface area contributed by atoms with Crippen molar-refractivity contribution in [3.05, 3.63) is 0 Å². The van der Waals surface area contributed by atoms with Gasteiger partial charge in [-0.25, -0.2) is 0 Å². The molecule has 0 aromatic carbocycles. The number of ether oxygens (including phenoxy) is 2. The number of hydrogen-bond acceptors (Lipinski definition) is 4. The minimum absolute atomic E-state index is 0.0919. The first-order chi connectivity index (χ1) is 7.11. The highest BCUT2D eigenvalue weighted by molar-refractivity contribution is 4.83. The van der Waals surface area contributed by atoms with Crippen LogP contribution < -0.4 is 11.1 Å². The van der Waals surface area contributed by atoms with Gasteiger partial charge in [-0.2, -0.15) is 0 Å². The van der Waals surface area contributed by atoms with Crippen molar-refractivity contribution >= 4 is 0 Å². The van der Waals surface area contributed by atoms with Gasteiger partial charge in [-0.05, 0) is 12.8 Å². The van der Waals surface area contributed by atoms with E-state index in [0.29, 0.717) is 6.61 Å². The smallest absolute Gasteiger partial charge is 0.0928 e. The highest BCUT2D eigenvalue weighted by atomic mass is 16.5. The summed E-state index contributed by atoms with van der Waals surface area (Å²) in [5.41, 5.74) is 6.07. The molecule has 4 nitrogen and oxygen atoms in total. The Morgan fingerprint density at radius 2 is 1.87 bits per heavy atom. The maximum atomic E-state index is 6.16. The third kappa shape index (κ3) is 6.10. The van der Waals surface area contributed by atoms with Crippen LogP contribution in [0.3, 0.4) is 0 Å². The molecule has 0 radical (unpaired) electrons. The van der Waals surface area contributed by atoms with Gasteiger partial charge >= 0.3 is 0 Å². The summed E-state index contributed by atoms with van der Waals surface area (Å²) in [4.78, 5) is 0. The summed E-state index contributed by atoms with van der Waals surface area (Å²) in [6.45, 7) is 6.45. The first-order valence-electron chi connectivity index (χ1n) is 5.63. The zero-order valence-corrected chi connectivity index (χ0v) is 10.5. The van der Waals surface area contributed by atoms with Gasteiger partial charge in [0, 0.05) is 32.8 Å². The summed E-state index contributed by atoms with van der Waals surface area (Å²) in [6, 6.07) is 0. The lowest BCUT2D eigenvalue weighted by atomic mass is 9.94. The lowest BCUT2D eigenvalue weighted by Gasteiger charge is -2.28. The zero-order chi connectivity index (χ0) is 11.7. The monoisotopic (exact) mass is 218 g/mol. The van der Waals surface area contributed by atoms with Gasteiger partial charge in [-0.15, -0.1) is 0 Å². The molecule has 3 N–H and O–H groups in total. The molecule has 0 aromatic heterocycles. The van der Waals surface area contributed by atoms with Crippen molar-refractivity contribution in [2.45, 2.75) is 38.3 Å². The minimum Gasteiger partial charge on any atom is -0.382 e. The second-order valence-corrected chi connectivity index (χ2v) is 4.01. The summed E-state index contributed by atoms with van der Waals surface area (Å²) in [6.07, 6.45) is 2.07. The van der Waals surface area contributed by atoms with Crippen LogP contribution in [0.5, 0.6) is 0 Å². The predicted molar refractivity (Wildman–Crippen MR) is 63.0 cm³/mol. The van der Waals surface area contributed by atoms with Crippen LogP contribution in [0.4, 0.5) is 0 Å². The standard InChI is InChI=1S/C11H26N2O2/c1-5-11(12,6-2)9-13-7-10(15-4)8-14-3/h10,13H,5-9,12H2,1-4H3. The van der Waals surface area contributed by atoms with Gasteiger partial charge < -0.3 is 20.5 Å². The van der Waals surface area contributed by atoms with E-state index in [1.165, 1.54) is 0 Å². The fraction of sp³-hybridized carbons (Fsp3) is 1.00. The minimum atomic E-state index is -0.0919. The van der Waals surface area contributed by atoms with Crippen LogP contribution in [0.15, 0.2) is 0 Å². The Morgan fingerprint density at radius 1 is 1.27 bits per heavy atom. The molecular formula is C11H26N2O2. The van der Waals surface area contributed by atoms with Gasteiger partial charge in [0.05, 0.1) is 12.7 Å². The van der Waals surface area contributed by atoms with Gasteiger partial charge in [0.1, 0.15) is 0 Å². The van der Waals surface area contributed by atoms with Crippen molar-refractivity contribution in [2.24, 2.45) is 5.73 Å². The molecule has 0 spiro atoms. The predicted octanol–water partition coefficient (Wildman–Crippen LogP) is 0.755. The summed E-state index contributed by atoms with van der Waals surface area (Å²) in [5, 5.41) is 3.33. The molecule has 1 atom stereocenters. The summed E-state index contributed by atoms with van der Waals surface area (Å²) < 4.78 is 10.3. The van der Waals surface area contributed by atoms with Gasteiger partial charge in [0.2, 0.25) is 0 Å². The SMILES string of the molecule is CCC(N)(CC)CNCC(COC)OC. The summed E-state index contributed by atoms with van der Waals surface area (Å²) in [7, 11) is 3.37. The number of methoxy groups -OCH3 is 2. The van der Waals surface area contributed by atoms with Crippen molar-refractivity contribution in [3.63, 3.8) is 0 Å². The van der Waals surface area contributed by atoms with Crippen molar-refractivity contribution < 1.29 is 9.47 Å². The van der Waals surface area contributed by atoms with E-state index < -0.39 is 0 Å². The Morgan fingerprint density at radius 3 is 2.27 bits per heavy atom. The highest BCUT2D eigenvalue weighted by Gasteiger charge is 2.19. The Kier molecular flexibility index (Phi) is 7.96. The normalized spacial score (nSPS) is 14.2. The van der Waals surface area contributed by atoms with E-state index in [-0.39, 0.29) is 11.6 Å². The van der Waals surface area contributed by atoms with Crippen LogP contribution in [0.2, 0.25) is 0 Å². The fourth-order valence-electron chi connectivity index (χ4n) is 1.38. The number of hydrogen-bond donors (Lipinski definition) is 2. The maximum absolute atomic E-state index is 6.16. The summed E-state index contributed by atoms with van der Waals surface area (Å²) in [5.74, 6) is 0. The van der Waals surface area contributed by atoms with Crippen LogP contribution >= 0.6 is 0 Å². The second-order valence-electron chi connectivity index (χ2n) is 4.01. The summed E-state index contributed by atoms with van der Waals surface area (Å²) >= 11 is 0. The lowest BCUT2D eigenvalue weighted by molar-refractivity contribution is 0.0282. The van der Waals surface area contributed by atoms with Gasteiger partial charge in [-0.1, -0.05) is 13.8 Å². The highest BCUT2D eigenvalue weighted by Crippen LogP contribution is 2.09. The van der Waals surface area contributed by atoms with Crippen LogP contribution in [0.1, 0.15) is 26.7 Å². The molecule has 0 aliphatic carbocycles. The molecule has 0 aliphatic heterocycles. The Labute approximate surface area is 93.5 Å². The first-order valence-corrected chi connectivity index (χ1v) is 5.63. The molecule has 0 amide bonds. The molecule has 1 unspecified atom stereocenters. The van der Waals surface area contributed by atoms with Crippen LogP contribution in [-0.2, 0) is 9.47 Å². The van der Waals surface area contributed by atoms with Crippen LogP contribution in [0.25, 0.3) is 0 Å². The Bertz CT molecular complexity index is 150. The van der Waals surface area contributed by atoms with Crippen molar-refractivity contribution in [2.75, 3.05) is 33.9 Å². The molecule has 0 aromatic rings. The average Bonchev–Trinajstić information content (AvgIpc) is 2.27. The molecule has 0 fully saturated rings. The van der Waals surface area contributed by atoms with E-state index in [2.05, 4.69) is 19.2 Å². The Balaban J connectivity index is 3.75. The van der Waals surface area contributed by atoms with E-state index >= 15 is 0 Å². The molecule has 0 heterocycles. The van der Waals surface area contributed by atoms with Gasteiger partial charge in [0.25, 0.3) is 0 Å². The number of rotatable bonds is 9. The molecule has 0 saturated heterocycles. The third-order valence-corrected chi connectivity index (χ3v) is 2.94. The van der Waals surface area contributed by atoms with Crippen molar-refractivity contribution in [1.82, 2.24) is 5.32 Å². The lowest BCUT2D eigenvalue weighted by Crippen LogP contribution is -2.49.